The summed E-state index contributed by atoms with van der Waals surface area (Å²) in [4.78, 5) is 0. The van der Waals surface area contributed by atoms with E-state index in [0.717, 1.165) is 13.0 Å². The van der Waals surface area contributed by atoms with E-state index >= 15 is 0 Å². The van der Waals surface area contributed by atoms with E-state index in [1.807, 2.05) is 18.2 Å². The lowest BCUT2D eigenvalue weighted by Crippen LogP contribution is -2.21. The first-order valence-corrected chi connectivity index (χ1v) is 6.32. The Bertz CT molecular complexity index is 464. The lowest BCUT2D eigenvalue weighted by Gasteiger charge is -2.14. The van der Waals surface area contributed by atoms with E-state index in [9.17, 15) is 5.11 Å². The third-order valence-corrected chi connectivity index (χ3v) is 3.10. The highest BCUT2D eigenvalue weighted by Gasteiger charge is 2.03. The lowest BCUT2D eigenvalue weighted by atomic mass is 10.1. The fraction of sp³-hybridized carbons (Fsp3) is 0.250. The number of rotatable bonds is 5. The van der Waals surface area contributed by atoms with Crippen molar-refractivity contribution in [3.8, 4) is 5.75 Å². The molecule has 1 unspecified atom stereocenters. The second-order valence-electron chi connectivity index (χ2n) is 4.50. The van der Waals surface area contributed by atoms with Gasteiger partial charge in [0.2, 0.25) is 0 Å². The maximum absolute atomic E-state index is 9.20. The number of hydrogen-bond acceptors (Lipinski definition) is 2. The van der Waals surface area contributed by atoms with Crippen LogP contribution in [-0.2, 0) is 6.42 Å². The van der Waals surface area contributed by atoms with Gasteiger partial charge in [-0.05, 0) is 43.1 Å². The Morgan fingerprint density at radius 3 is 2.33 bits per heavy atom. The van der Waals surface area contributed by atoms with Gasteiger partial charge in [-0.15, -0.1) is 0 Å². The average Bonchev–Trinajstić information content (AvgIpc) is 2.42. The zero-order chi connectivity index (χ0) is 12.8. The quantitative estimate of drug-likeness (QED) is 0.842. The van der Waals surface area contributed by atoms with Crippen LogP contribution in [0.4, 0.5) is 0 Å². The Morgan fingerprint density at radius 2 is 1.67 bits per heavy atom. The molecule has 0 bridgehead atoms. The van der Waals surface area contributed by atoms with E-state index in [4.69, 9.17) is 0 Å². The molecule has 2 heteroatoms. The molecule has 0 aliphatic heterocycles. The molecule has 0 amide bonds. The van der Waals surface area contributed by atoms with E-state index < -0.39 is 0 Å². The van der Waals surface area contributed by atoms with E-state index in [1.165, 1.54) is 11.1 Å². The smallest absolute Gasteiger partial charge is 0.115 e. The number of phenolic OH excluding ortho intramolecular Hbond substituents is 1. The largest absolute Gasteiger partial charge is 0.508 e. The summed E-state index contributed by atoms with van der Waals surface area (Å²) in [5, 5.41) is 12.7. The van der Waals surface area contributed by atoms with Crippen LogP contribution in [0.5, 0.6) is 5.75 Å². The summed E-state index contributed by atoms with van der Waals surface area (Å²) in [6, 6.07) is 18.2. The second kappa shape index (κ2) is 6.22. The minimum atomic E-state index is 0.323. The molecule has 0 aromatic heterocycles. The molecular weight excluding hydrogens is 222 g/mol. The van der Waals surface area contributed by atoms with E-state index in [1.54, 1.807) is 12.1 Å². The summed E-state index contributed by atoms with van der Waals surface area (Å²) in [6.07, 6.45) is 0.970. The summed E-state index contributed by atoms with van der Waals surface area (Å²) < 4.78 is 0. The highest BCUT2D eigenvalue weighted by Crippen LogP contribution is 2.12. The molecule has 18 heavy (non-hydrogen) atoms. The molecule has 0 aliphatic rings. The third kappa shape index (κ3) is 3.60. The van der Waals surface area contributed by atoms with Gasteiger partial charge >= 0.3 is 0 Å². The monoisotopic (exact) mass is 241 g/mol. The summed E-state index contributed by atoms with van der Waals surface area (Å²) in [7, 11) is 0. The number of nitrogens with one attached hydrogen (secondary N) is 1. The van der Waals surface area contributed by atoms with Gasteiger partial charge in [0, 0.05) is 6.04 Å². The van der Waals surface area contributed by atoms with Crippen LogP contribution in [0.15, 0.2) is 54.6 Å². The van der Waals surface area contributed by atoms with Crippen LogP contribution in [0.2, 0.25) is 0 Å². The second-order valence-corrected chi connectivity index (χ2v) is 4.50. The Morgan fingerprint density at radius 1 is 1.00 bits per heavy atom. The fourth-order valence-electron chi connectivity index (χ4n) is 1.96. The molecule has 2 aromatic rings. The number of phenols is 1. The van der Waals surface area contributed by atoms with Crippen molar-refractivity contribution in [2.75, 3.05) is 6.54 Å². The molecule has 2 N–H and O–H groups in total. The van der Waals surface area contributed by atoms with E-state index in [2.05, 4.69) is 36.5 Å². The molecule has 0 spiro atoms. The Labute approximate surface area is 108 Å². The van der Waals surface area contributed by atoms with Crippen molar-refractivity contribution in [2.45, 2.75) is 19.4 Å². The number of benzene rings is 2. The van der Waals surface area contributed by atoms with E-state index in [0.29, 0.717) is 11.8 Å². The van der Waals surface area contributed by atoms with Gasteiger partial charge in [0.15, 0.2) is 0 Å². The minimum Gasteiger partial charge on any atom is -0.508 e. The Hall–Kier alpha value is -1.80. The molecular formula is C16H19NO. The van der Waals surface area contributed by atoms with Gasteiger partial charge in [-0.2, -0.15) is 0 Å². The van der Waals surface area contributed by atoms with Gasteiger partial charge in [-0.1, -0.05) is 42.5 Å². The predicted molar refractivity (Wildman–Crippen MR) is 74.7 cm³/mol. The van der Waals surface area contributed by atoms with Gasteiger partial charge in [-0.25, -0.2) is 0 Å². The highest BCUT2D eigenvalue weighted by molar-refractivity contribution is 5.26. The van der Waals surface area contributed by atoms with Crippen molar-refractivity contribution in [1.82, 2.24) is 5.32 Å². The van der Waals surface area contributed by atoms with Crippen LogP contribution in [0.1, 0.15) is 24.1 Å². The fourth-order valence-corrected chi connectivity index (χ4v) is 1.96. The van der Waals surface area contributed by atoms with Crippen molar-refractivity contribution in [3.63, 3.8) is 0 Å². The molecule has 2 rings (SSSR count). The van der Waals surface area contributed by atoms with Crippen molar-refractivity contribution in [1.29, 1.82) is 0 Å². The number of hydrogen-bond donors (Lipinski definition) is 2. The maximum Gasteiger partial charge on any atom is 0.115 e. The Balaban J connectivity index is 1.80. The molecule has 2 aromatic carbocycles. The molecule has 1 atom stereocenters. The molecule has 0 fully saturated rings. The highest BCUT2D eigenvalue weighted by atomic mass is 16.3. The molecule has 0 aliphatic carbocycles. The summed E-state index contributed by atoms with van der Waals surface area (Å²) in [5.41, 5.74) is 2.55. The van der Waals surface area contributed by atoms with Crippen LogP contribution >= 0.6 is 0 Å². The summed E-state index contributed by atoms with van der Waals surface area (Å²) >= 11 is 0. The molecule has 0 saturated carbocycles. The first kappa shape index (κ1) is 12.7. The standard InChI is InChI=1S/C16H19NO/c1-13(15-5-3-2-4-6-15)17-12-11-14-7-9-16(18)10-8-14/h2-10,13,17-18H,11-12H2,1H3. The molecule has 0 heterocycles. The van der Waals surface area contributed by atoms with Crippen LogP contribution in [-0.4, -0.2) is 11.7 Å². The topological polar surface area (TPSA) is 32.3 Å². The first-order valence-electron chi connectivity index (χ1n) is 6.32. The third-order valence-electron chi connectivity index (χ3n) is 3.10. The van der Waals surface area contributed by atoms with Crippen LogP contribution < -0.4 is 5.32 Å². The summed E-state index contributed by atoms with van der Waals surface area (Å²) in [6.45, 7) is 3.10. The molecule has 94 valence electrons. The lowest BCUT2D eigenvalue weighted by molar-refractivity contribution is 0.475. The zero-order valence-corrected chi connectivity index (χ0v) is 10.6. The van der Waals surface area contributed by atoms with Gasteiger partial charge in [0.1, 0.15) is 5.75 Å². The van der Waals surface area contributed by atoms with Crippen molar-refractivity contribution >= 4 is 0 Å². The van der Waals surface area contributed by atoms with Crippen LogP contribution in [0, 0.1) is 0 Å². The predicted octanol–water partition coefficient (Wildman–Crippen LogP) is 3.29. The maximum atomic E-state index is 9.20. The minimum absolute atomic E-state index is 0.323. The Kier molecular flexibility index (Phi) is 4.37. The van der Waals surface area contributed by atoms with Gasteiger partial charge in [0.25, 0.3) is 0 Å². The van der Waals surface area contributed by atoms with Gasteiger partial charge in [0.05, 0.1) is 0 Å². The number of aromatic hydroxyl groups is 1. The SMILES string of the molecule is CC(NCCc1ccc(O)cc1)c1ccccc1. The average molecular weight is 241 g/mol. The first-order chi connectivity index (χ1) is 8.75. The zero-order valence-electron chi connectivity index (χ0n) is 10.6. The van der Waals surface area contributed by atoms with Crippen molar-refractivity contribution in [3.05, 3.63) is 65.7 Å². The van der Waals surface area contributed by atoms with Crippen LogP contribution in [0.25, 0.3) is 0 Å². The van der Waals surface area contributed by atoms with Gasteiger partial charge in [-0.3, -0.25) is 0 Å². The van der Waals surface area contributed by atoms with Crippen LogP contribution in [0.3, 0.4) is 0 Å². The molecule has 0 radical (unpaired) electrons. The molecule has 0 saturated heterocycles. The van der Waals surface area contributed by atoms with Gasteiger partial charge < -0.3 is 10.4 Å². The summed E-state index contributed by atoms with van der Waals surface area (Å²) in [5.74, 6) is 0.323. The van der Waals surface area contributed by atoms with Crippen molar-refractivity contribution < 1.29 is 5.11 Å². The van der Waals surface area contributed by atoms with E-state index in [-0.39, 0.29) is 0 Å². The van der Waals surface area contributed by atoms with Crippen molar-refractivity contribution in [2.24, 2.45) is 0 Å². The normalized spacial score (nSPS) is 12.3. The molecule has 2 nitrogen and oxygen atoms in total.